The Morgan fingerprint density at radius 1 is 0.750 bits per heavy atom. The molecule has 0 saturated carbocycles. The summed E-state index contributed by atoms with van der Waals surface area (Å²) < 4.78 is 5.98. The lowest BCUT2D eigenvalue weighted by atomic mass is 10.3. The number of rotatable bonds is 7. The molecule has 2 heterocycles. The quantitative estimate of drug-likeness (QED) is 0.477. The maximum Gasteiger partial charge on any atom is 0.229 e. The molecule has 4 aromatic rings. The molecule has 28 heavy (non-hydrogen) atoms. The van der Waals surface area contributed by atoms with E-state index in [1.807, 2.05) is 78.9 Å². The molecule has 0 aliphatic rings. The molecule has 0 bridgehead atoms. The van der Waals surface area contributed by atoms with Crippen LogP contribution in [0.4, 0.5) is 17.5 Å². The molecule has 2 aromatic heterocycles. The van der Waals surface area contributed by atoms with Crippen molar-refractivity contribution in [2.24, 2.45) is 0 Å². The van der Waals surface area contributed by atoms with E-state index in [9.17, 15) is 0 Å². The fourth-order valence-corrected chi connectivity index (χ4v) is 2.60. The molecular formula is C22H19N5O. The van der Waals surface area contributed by atoms with Gasteiger partial charge in [0.15, 0.2) is 5.75 Å². The number of benzene rings is 2. The van der Waals surface area contributed by atoms with Crippen molar-refractivity contribution in [1.82, 2.24) is 15.0 Å². The summed E-state index contributed by atoms with van der Waals surface area (Å²) in [5.74, 6) is 2.66. The minimum absolute atomic E-state index is 0.482. The van der Waals surface area contributed by atoms with E-state index in [4.69, 9.17) is 4.74 Å². The van der Waals surface area contributed by atoms with E-state index in [2.05, 4.69) is 25.6 Å². The molecule has 2 aromatic carbocycles. The van der Waals surface area contributed by atoms with E-state index in [-0.39, 0.29) is 0 Å². The first-order valence-electron chi connectivity index (χ1n) is 8.92. The second-order valence-corrected chi connectivity index (χ2v) is 5.98. The van der Waals surface area contributed by atoms with Gasteiger partial charge in [0.25, 0.3) is 0 Å². The van der Waals surface area contributed by atoms with Crippen molar-refractivity contribution in [3.63, 3.8) is 0 Å². The van der Waals surface area contributed by atoms with E-state index < -0.39 is 0 Å². The van der Waals surface area contributed by atoms with Crippen molar-refractivity contribution in [1.29, 1.82) is 0 Å². The molecule has 0 fully saturated rings. The number of para-hydroxylation sites is 3. The Kier molecular flexibility index (Phi) is 5.39. The lowest BCUT2D eigenvalue weighted by molar-refractivity contribution is 0.485. The van der Waals surface area contributed by atoms with Crippen molar-refractivity contribution in [3.8, 4) is 11.5 Å². The smallest absolute Gasteiger partial charge is 0.229 e. The standard InChI is InChI=1S/C22H19N5O/c1-2-9-18(10-3-1)28-20-12-5-4-11-19(20)26-22-24-15-13-21(27-22)25-16-17-8-6-7-14-23-17/h1-15H,16H2,(H2,24,25,26,27). The lowest BCUT2D eigenvalue weighted by Gasteiger charge is -2.12. The third-order valence-corrected chi connectivity index (χ3v) is 3.94. The molecule has 2 N–H and O–H groups in total. The summed E-state index contributed by atoms with van der Waals surface area (Å²) in [4.78, 5) is 13.1. The summed E-state index contributed by atoms with van der Waals surface area (Å²) in [6.07, 6.45) is 3.48. The van der Waals surface area contributed by atoms with Gasteiger partial charge in [-0.3, -0.25) is 4.98 Å². The Balaban J connectivity index is 1.47. The first kappa shape index (κ1) is 17.5. The van der Waals surface area contributed by atoms with Crippen LogP contribution in [0.2, 0.25) is 0 Å². The largest absolute Gasteiger partial charge is 0.455 e. The number of hydrogen-bond donors (Lipinski definition) is 2. The van der Waals surface area contributed by atoms with Crippen LogP contribution in [0.3, 0.4) is 0 Å². The second kappa shape index (κ2) is 8.64. The molecule has 6 nitrogen and oxygen atoms in total. The molecule has 0 unspecified atom stereocenters. The molecular weight excluding hydrogens is 350 g/mol. The van der Waals surface area contributed by atoms with E-state index in [1.165, 1.54) is 0 Å². The lowest BCUT2D eigenvalue weighted by Crippen LogP contribution is -2.05. The monoisotopic (exact) mass is 369 g/mol. The topological polar surface area (TPSA) is 72.0 Å². The molecule has 0 radical (unpaired) electrons. The zero-order valence-electron chi connectivity index (χ0n) is 15.1. The zero-order valence-corrected chi connectivity index (χ0v) is 15.1. The van der Waals surface area contributed by atoms with Crippen LogP contribution < -0.4 is 15.4 Å². The molecule has 0 aliphatic carbocycles. The van der Waals surface area contributed by atoms with Crippen molar-refractivity contribution in [3.05, 3.63) is 97.0 Å². The van der Waals surface area contributed by atoms with Gasteiger partial charge < -0.3 is 15.4 Å². The van der Waals surface area contributed by atoms with E-state index in [0.29, 0.717) is 24.1 Å². The number of nitrogens with zero attached hydrogens (tertiary/aromatic N) is 3. The molecule has 6 heteroatoms. The number of anilines is 3. The van der Waals surface area contributed by atoms with Crippen LogP contribution in [0.15, 0.2) is 91.3 Å². The van der Waals surface area contributed by atoms with Gasteiger partial charge in [0, 0.05) is 12.4 Å². The number of nitrogens with one attached hydrogen (secondary N) is 2. The van der Waals surface area contributed by atoms with Crippen molar-refractivity contribution in [2.45, 2.75) is 6.54 Å². The Hall–Kier alpha value is -3.93. The molecule has 0 spiro atoms. The first-order valence-corrected chi connectivity index (χ1v) is 8.92. The normalized spacial score (nSPS) is 10.3. The summed E-state index contributed by atoms with van der Waals surface area (Å²) >= 11 is 0. The molecule has 0 amide bonds. The summed E-state index contributed by atoms with van der Waals surface area (Å²) in [5.41, 5.74) is 1.73. The Morgan fingerprint density at radius 2 is 1.57 bits per heavy atom. The average molecular weight is 369 g/mol. The highest BCUT2D eigenvalue weighted by Gasteiger charge is 2.07. The third kappa shape index (κ3) is 4.62. The molecule has 4 rings (SSSR count). The highest BCUT2D eigenvalue weighted by molar-refractivity contribution is 5.63. The van der Waals surface area contributed by atoms with Crippen LogP contribution >= 0.6 is 0 Å². The second-order valence-electron chi connectivity index (χ2n) is 5.98. The molecule has 0 aliphatic heterocycles. The van der Waals surface area contributed by atoms with E-state index in [0.717, 1.165) is 17.1 Å². The first-order chi connectivity index (χ1) is 13.9. The number of pyridine rings is 1. The van der Waals surface area contributed by atoms with E-state index >= 15 is 0 Å². The maximum atomic E-state index is 5.98. The molecule has 138 valence electrons. The highest BCUT2D eigenvalue weighted by Crippen LogP contribution is 2.30. The Labute approximate surface area is 163 Å². The van der Waals surface area contributed by atoms with Gasteiger partial charge in [-0.05, 0) is 42.5 Å². The zero-order chi connectivity index (χ0) is 19.0. The van der Waals surface area contributed by atoms with Crippen LogP contribution in [0.25, 0.3) is 0 Å². The highest BCUT2D eigenvalue weighted by atomic mass is 16.5. The SMILES string of the molecule is c1ccc(Oc2ccccc2Nc2nccc(NCc3ccccn3)n2)cc1. The maximum absolute atomic E-state index is 5.98. The van der Waals surface area contributed by atoms with Gasteiger partial charge in [-0.25, -0.2) is 4.98 Å². The van der Waals surface area contributed by atoms with Gasteiger partial charge in [-0.2, -0.15) is 4.98 Å². The van der Waals surface area contributed by atoms with Crippen molar-refractivity contribution >= 4 is 17.5 Å². The van der Waals surface area contributed by atoms with Crippen molar-refractivity contribution in [2.75, 3.05) is 10.6 Å². The Morgan fingerprint density at radius 3 is 2.43 bits per heavy atom. The van der Waals surface area contributed by atoms with Crippen LogP contribution in [-0.4, -0.2) is 15.0 Å². The molecule has 0 atom stereocenters. The number of hydrogen-bond acceptors (Lipinski definition) is 6. The number of ether oxygens (including phenoxy) is 1. The summed E-state index contributed by atoms with van der Waals surface area (Å²) in [6.45, 7) is 0.588. The number of aromatic nitrogens is 3. The van der Waals surface area contributed by atoms with Crippen LogP contribution in [0, 0.1) is 0 Å². The minimum atomic E-state index is 0.482. The molecule has 0 saturated heterocycles. The van der Waals surface area contributed by atoms with Gasteiger partial charge in [0.05, 0.1) is 17.9 Å². The van der Waals surface area contributed by atoms with Gasteiger partial charge >= 0.3 is 0 Å². The third-order valence-electron chi connectivity index (χ3n) is 3.94. The van der Waals surface area contributed by atoms with Gasteiger partial charge in [0.1, 0.15) is 11.6 Å². The fourth-order valence-electron chi connectivity index (χ4n) is 2.60. The van der Waals surface area contributed by atoms with Crippen molar-refractivity contribution < 1.29 is 4.74 Å². The summed E-state index contributed by atoms with van der Waals surface area (Å²) in [6, 6.07) is 25.0. The van der Waals surface area contributed by atoms with E-state index in [1.54, 1.807) is 12.4 Å². The average Bonchev–Trinajstić information content (AvgIpc) is 2.75. The summed E-state index contributed by atoms with van der Waals surface area (Å²) in [7, 11) is 0. The predicted octanol–water partition coefficient (Wildman–Crippen LogP) is 5.02. The van der Waals surface area contributed by atoms with Crippen LogP contribution in [-0.2, 0) is 6.54 Å². The van der Waals surface area contributed by atoms with Crippen LogP contribution in [0.1, 0.15) is 5.69 Å². The Bertz CT molecular complexity index is 1030. The van der Waals surface area contributed by atoms with Gasteiger partial charge in [-0.1, -0.05) is 36.4 Å². The fraction of sp³-hybridized carbons (Fsp3) is 0.0455. The van der Waals surface area contributed by atoms with Crippen LogP contribution in [0.5, 0.6) is 11.5 Å². The predicted molar refractivity (Wildman–Crippen MR) is 110 cm³/mol. The van der Waals surface area contributed by atoms with Gasteiger partial charge in [-0.15, -0.1) is 0 Å². The minimum Gasteiger partial charge on any atom is -0.455 e. The summed E-state index contributed by atoms with van der Waals surface area (Å²) in [5, 5.41) is 6.49. The van der Waals surface area contributed by atoms with Gasteiger partial charge in [0.2, 0.25) is 5.95 Å².